The van der Waals surface area contributed by atoms with Crippen molar-refractivity contribution in [1.29, 1.82) is 5.26 Å². The molecule has 7 atom stereocenters. The van der Waals surface area contributed by atoms with Gasteiger partial charge >= 0.3 is 0 Å². The van der Waals surface area contributed by atoms with E-state index in [1.165, 1.54) is 5.57 Å². The van der Waals surface area contributed by atoms with Gasteiger partial charge in [-0.2, -0.15) is 5.26 Å². The number of ketones is 2. The summed E-state index contributed by atoms with van der Waals surface area (Å²) in [5.74, 6) is 0.827. The molecule has 3 aliphatic rings. The molecule has 1 N–H and O–H groups in total. The Morgan fingerprint density at radius 3 is 2.26 bits per heavy atom. The van der Waals surface area contributed by atoms with Gasteiger partial charge in [0.15, 0.2) is 5.78 Å². The van der Waals surface area contributed by atoms with E-state index in [2.05, 4.69) is 52.1 Å². The van der Waals surface area contributed by atoms with Crippen molar-refractivity contribution in [1.82, 2.24) is 5.32 Å². The molecule has 3 aliphatic carbocycles. The number of allylic oxidation sites excluding steroid dienone is 4. The third-order valence-electron chi connectivity index (χ3n) is 12.2. The van der Waals surface area contributed by atoms with E-state index in [-0.39, 0.29) is 63.5 Å². The Kier molecular flexibility index (Phi) is 10.4. The van der Waals surface area contributed by atoms with Crippen molar-refractivity contribution in [2.75, 3.05) is 6.54 Å². The number of nitrogens with one attached hydrogen (secondary N) is 1. The topological polar surface area (TPSA) is 87.0 Å². The lowest BCUT2D eigenvalue weighted by atomic mass is 9.50. The fourth-order valence-corrected chi connectivity index (χ4v) is 10.1. The summed E-state index contributed by atoms with van der Waals surface area (Å²) in [6.07, 6.45) is 12.1. The number of nitriles is 1. The minimum Gasteiger partial charge on any atom is -0.356 e. The summed E-state index contributed by atoms with van der Waals surface area (Å²) in [6.45, 7) is 21.6. The Morgan fingerprint density at radius 2 is 1.71 bits per heavy atom. The quantitative estimate of drug-likeness (QED) is 0.187. The molecule has 0 spiro atoms. The van der Waals surface area contributed by atoms with Crippen LogP contribution in [0.4, 0.5) is 0 Å². The van der Waals surface area contributed by atoms with E-state index in [1.54, 1.807) is 19.9 Å². The first-order chi connectivity index (χ1) is 19.5. The Hall–Kier alpha value is -2.22. The lowest BCUT2D eigenvalue weighted by molar-refractivity contribution is -0.135. The number of hydrogen-bond acceptors (Lipinski definition) is 4. The summed E-state index contributed by atoms with van der Waals surface area (Å²) in [7, 11) is 0. The fraction of sp³-hybridized carbons (Fsp3) is 0.784. The summed E-state index contributed by atoms with van der Waals surface area (Å²) in [5.41, 5.74) is 0.421. The molecular weight excluding hydrogens is 520 g/mol. The van der Waals surface area contributed by atoms with Crippen LogP contribution in [0.3, 0.4) is 0 Å². The summed E-state index contributed by atoms with van der Waals surface area (Å²) in [5, 5.41) is 12.8. The molecule has 3 fully saturated rings. The normalized spacial score (nSPS) is 36.6. The number of carbonyl (C=O) groups is 3. The smallest absolute Gasteiger partial charge is 0.226 e. The molecule has 0 heterocycles. The molecule has 3 saturated carbocycles. The van der Waals surface area contributed by atoms with Gasteiger partial charge in [0.1, 0.15) is 11.9 Å². The SMILES string of the molecule is C/C=C(/C#N)C(=O)C(C)(C)[C@@H]1CCC(C)(C2CCC3(C(=O)NCC)CCCC(C)(C)CC(C3)C2C(C)=O)/C(=C\C)C1C. The second kappa shape index (κ2) is 12.8. The molecular formula is C37H58N2O3. The minimum absolute atomic E-state index is 0.0770. The second-order valence-corrected chi connectivity index (χ2v) is 15.6. The van der Waals surface area contributed by atoms with Crippen LogP contribution in [0.5, 0.6) is 0 Å². The lowest BCUT2D eigenvalue weighted by Gasteiger charge is -2.54. The largest absolute Gasteiger partial charge is 0.356 e. The van der Waals surface area contributed by atoms with E-state index in [0.29, 0.717) is 6.54 Å². The first-order valence-corrected chi connectivity index (χ1v) is 16.6. The predicted molar refractivity (Wildman–Crippen MR) is 170 cm³/mol. The maximum atomic E-state index is 13.8. The highest BCUT2D eigenvalue weighted by Gasteiger charge is 2.57. The van der Waals surface area contributed by atoms with Gasteiger partial charge in [-0.1, -0.05) is 65.7 Å². The van der Waals surface area contributed by atoms with Crippen LogP contribution in [0.1, 0.15) is 127 Å². The molecule has 0 aliphatic heterocycles. The fourth-order valence-electron chi connectivity index (χ4n) is 10.1. The van der Waals surface area contributed by atoms with Gasteiger partial charge in [-0.3, -0.25) is 14.4 Å². The molecule has 5 nitrogen and oxygen atoms in total. The summed E-state index contributed by atoms with van der Waals surface area (Å²) in [4.78, 5) is 41.1. The Morgan fingerprint density at radius 1 is 1.05 bits per heavy atom. The van der Waals surface area contributed by atoms with Gasteiger partial charge in [0.05, 0.1) is 5.57 Å². The standard InChI is InChI=1S/C37H58N2O3/c1-11-26(23-38)32(41)35(8,9)29-15-19-36(10,28(12-2)24(29)4)30-16-20-37(33(42)39-13-3)18-14-17-34(6,7)21-27(22-37)31(30)25(5)40/h11-12,24,27,29-31H,13-22H2,1-10H3,(H,39,42)/b26-11-,28-12-/t24?,27?,29-,30?,31?,36?,37?/m1/s1. The third-order valence-corrected chi connectivity index (χ3v) is 12.2. The number of nitrogens with zero attached hydrogens (tertiary/aromatic N) is 1. The molecule has 0 aromatic carbocycles. The highest BCUT2D eigenvalue weighted by atomic mass is 16.2. The third kappa shape index (κ3) is 6.20. The highest BCUT2D eigenvalue weighted by molar-refractivity contribution is 6.02. The van der Waals surface area contributed by atoms with E-state index < -0.39 is 10.8 Å². The van der Waals surface area contributed by atoms with Crippen molar-refractivity contribution >= 4 is 17.5 Å². The van der Waals surface area contributed by atoms with E-state index in [0.717, 1.165) is 57.8 Å². The van der Waals surface area contributed by atoms with E-state index in [4.69, 9.17) is 0 Å². The van der Waals surface area contributed by atoms with Gasteiger partial charge in [-0.15, -0.1) is 0 Å². The van der Waals surface area contributed by atoms with Crippen LogP contribution in [0.15, 0.2) is 23.3 Å². The van der Waals surface area contributed by atoms with Crippen LogP contribution in [0.25, 0.3) is 0 Å². The van der Waals surface area contributed by atoms with Gasteiger partial charge in [-0.25, -0.2) is 0 Å². The molecule has 0 aromatic rings. The van der Waals surface area contributed by atoms with Crippen LogP contribution >= 0.6 is 0 Å². The predicted octanol–water partition coefficient (Wildman–Crippen LogP) is 8.39. The van der Waals surface area contributed by atoms with Crippen LogP contribution in [-0.4, -0.2) is 24.0 Å². The number of Topliss-reactive ketones (excluding diaryl/α,β-unsaturated/α-hetero) is 2. The van der Waals surface area contributed by atoms with Crippen LogP contribution in [-0.2, 0) is 14.4 Å². The molecule has 1 amide bonds. The van der Waals surface area contributed by atoms with E-state index in [1.807, 2.05) is 20.8 Å². The van der Waals surface area contributed by atoms with Crippen LogP contribution in [0, 0.1) is 62.6 Å². The molecule has 42 heavy (non-hydrogen) atoms. The van der Waals surface area contributed by atoms with Crippen molar-refractivity contribution in [3.05, 3.63) is 23.3 Å². The van der Waals surface area contributed by atoms with E-state index in [9.17, 15) is 19.6 Å². The van der Waals surface area contributed by atoms with Crippen LogP contribution in [0.2, 0.25) is 0 Å². The average molecular weight is 579 g/mol. The summed E-state index contributed by atoms with van der Waals surface area (Å²) >= 11 is 0. The number of fused-ring (bicyclic) bond motifs is 2. The van der Waals surface area contributed by atoms with Gasteiger partial charge < -0.3 is 5.32 Å². The zero-order valence-electron chi connectivity index (χ0n) is 28.3. The summed E-state index contributed by atoms with van der Waals surface area (Å²) < 4.78 is 0. The Labute approximate surface area is 256 Å². The molecule has 6 unspecified atom stereocenters. The number of carbonyl (C=O) groups excluding carboxylic acids is 3. The van der Waals surface area contributed by atoms with E-state index >= 15 is 0 Å². The Balaban J connectivity index is 2.10. The molecule has 0 aromatic heterocycles. The van der Waals surface area contributed by atoms with Crippen molar-refractivity contribution in [3.8, 4) is 6.07 Å². The molecule has 3 rings (SSSR count). The lowest BCUT2D eigenvalue weighted by Crippen LogP contribution is -2.49. The first kappa shape index (κ1) is 34.3. The summed E-state index contributed by atoms with van der Waals surface area (Å²) in [6, 6.07) is 2.12. The Bertz CT molecular complexity index is 1150. The van der Waals surface area contributed by atoms with Crippen molar-refractivity contribution in [2.24, 2.45) is 51.2 Å². The zero-order valence-corrected chi connectivity index (χ0v) is 28.3. The van der Waals surface area contributed by atoms with Gasteiger partial charge in [0.2, 0.25) is 5.91 Å². The molecule has 5 heteroatoms. The second-order valence-electron chi connectivity index (χ2n) is 15.6. The van der Waals surface area contributed by atoms with Crippen molar-refractivity contribution in [2.45, 2.75) is 127 Å². The molecule has 0 radical (unpaired) electrons. The monoisotopic (exact) mass is 578 g/mol. The van der Waals surface area contributed by atoms with Gasteiger partial charge in [-0.05, 0) is 114 Å². The number of rotatable bonds is 7. The first-order valence-electron chi connectivity index (χ1n) is 16.6. The number of hydrogen-bond donors (Lipinski definition) is 1. The molecule has 0 saturated heterocycles. The minimum atomic E-state index is -0.672. The van der Waals surface area contributed by atoms with Crippen molar-refractivity contribution in [3.63, 3.8) is 0 Å². The molecule has 234 valence electrons. The van der Waals surface area contributed by atoms with Crippen molar-refractivity contribution < 1.29 is 14.4 Å². The number of amides is 1. The maximum Gasteiger partial charge on any atom is 0.226 e. The average Bonchev–Trinajstić information content (AvgIpc) is 3.07. The zero-order chi connectivity index (χ0) is 31.7. The molecule has 2 bridgehead atoms. The van der Waals surface area contributed by atoms with Gasteiger partial charge in [0.25, 0.3) is 0 Å². The van der Waals surface area contributed by atoms with Gasteiger partial charge in [0, 0.05) is 23.3 Å². The van der Waals surface area contributed by atoms with Crippen LogP contribution < -0.4 is 5.32 Å². The maximum absolute atomic E-state index is 13.8. The highest BCUT2D eigenvalue weighted by Crippen LogP contribution is 2.62.